The van der Waals surface area contributed by atoms with Gasteiger partial charge in [0.05, 0.1) is 17.1 Å². The van der Waals surface area contributed by atoms with Crippen LogP contribution in [0.5, 0.6) is 5.88 Å². The van der Waals surface area contributed by atoms with E-state index in [9.17, 15) is 14.7 Å². The molecule has 1 heterocycles. The third-order valence-electron chi connectivity index (χ3n) is 4.49. The highest BCUT2D eigenvalue weighted by atomic mass is 35.5. The third kappa shape index (κ3) is 4.17. The van der Waals surface area contributed by atoms with Crippen LogP contribution in [0, 0.1) is 0 Å². The fraction of sp³-hybridized carbons (Fsp3) is 0. The van der Waals surface area contributed by atoms with Gasteiger partial charge in [-0.25, -0.2) is 13.9 Å². The Morgan fingerprint density at radius 1 is 0.774 bits per heavy atom. The van der Waals surface area contributed by atoms with Crippen molar-refractivity contribution in [2.45, 2.75) is 0 Å². The number of nitrogens with zero attached hydrogens (tertiary/aromatic N) is 3. The number of aromatic nitrogens is 2. The van der Waals surface area contributed by atoms with E-state index in [1.807, 2.05) is 0 Å². The van der Waals surface area contributed by atoms with Crippen molar-refractivity contribution in [3.8, 4) is 17.3 Å². The molecule has 0 amide bonds. The molecular weight excluding hydrogens is 437 g/mol. The molecule has 1 N–H and O–H groups in total. The molecule has 0 aliphatic rings. The summed E-state index contributed by atoms with van der Waals surface area (Å²) >= 11 is 12.0. The molecule has 0 unspecified atom stereocenters. The van der Waals surface area contributed by atoms with E-state index in [4.69, 9.17) is 23.2 Å². The lowest BCUT2D eigenvalue weighted by Crippen LogP contribution is -2.40. The van der Waals surface area contributed by atoms with Crippen molar-refractivity contribution in [1.82, 2.24) is 9.13 Å². The van der Waals surface area contributed by atoms with Gasteiger partial charge in [-0.05, 0) is 42.5 Å². The minimum absolute atomic E-state index is 0.164. The topological polar surface area (TPSA) is 76.6 Å². The van der Waals surface area contributed by atoms with Crippen molar-refractivity contribution in [2.24, 2.45) is 4.99 Å². The molecular formula is C23H15Cl2N3O3. The van der Waals surface area contributed by atoms with Gasteiger partial charge in [-0.3, -0.25) is 9.79 Å². The molecule has 4 rings (SSSR count). The molecule has 1 aromatic heterocycles. The van der Waals surface area contributed by atoms with Gasteiger partial charge in [0.2, 0.25) is 5.88 Å². The zero-order valence-corrected chi connectivity index (χ0v) is 17.5. The van der Waals surface area contributed by atoms with Crippen molar-refractivity contribution in [2.75, 3.05) is 0 Å². The predicted molar refractivity (Wildman–Crippen MR) is 123 cm³/mol. The summed E-state index contributed by atoms with van der Waals surface area (Å²) in [6.45, 7) is 0. The number of para-hydroxylation sites is 2. The van der Waals surface area contributed by atoms with Crippen LogP contribution in [0.3, 0.4) is 0 Å². The SMILES string of the molecule is O=c1c(C=Nc2cc(Cl)cc(Cl)c2)c(O)n(-c2ccccc2)c(=O)n1-c1ccccc1. The first-order valence-electron chi connectivity index (χ1n) is 9.18. The molecule has 0 aliphatic heterocycles. The summed E-state index contributed by atoms with van der Waals surface area (Å²) < 4.78 is 2.04. The largest absolute Gasteiger partial charge is 0.493 e. The van der Waals surface area contributed by atoms with E-state index < -0.39 is 17.1 Å². The van der Waals surface area contributed by atoms with Crippen molar-refractivity contribution in [3.05, 3.63) is 115 Å². The van der Waals surface area contributed by atoms with E-state index in [1.54, 1.807) is 78.9 Å². The van der Waals surface area contributed by atoms with Gasteiger partial charge in [-0.1, -0.05) is 59.6 Å². The van der Waals surface area contributed by atoms with E-state index in [1.165, 1.54) is 6.21 Å². The summed E-state index contributed by atoms with van der Waals surface area (Å²) in [6.07, 6.45) is 1.19. The summed E-state index contributed by atoms with van der Waals surface area (Å²) in [5, 5.41) is 11.6. The van der Waals surface area contributed by atoms with E-state index in [0.717, 1.165) is 9.13 Å². The number of rotatable bonds is 4. The van der Waals surface area contributed by atoms with E-state index in [2.05, 4.69) is 4.99 Å². The van der Waals surface area contributed by atoms with Crippen molar-refractivity contribution >= 4 is 35.1 Å². The smallest absolute Gasteiger partial charge is 0.343 e. The van der Waals surface area contributed by atoms with Crippen LogP contribution in [0.4, 0.5) is 5.69 Å². The second kappa shape index (κ2) is 8.63. The first-order valence-corrected chi connectivity index (χ1v) is 9.93. The van der Waals surface area contributed by atoms with Crippen molar-refractivity contribution in [1.29, 1.82) is 0 Å². The fourth-order valence-corrected chi connectivity index (χ4v) is 3.61. The molecule has 6 nitrogen and oxygen atoms in total. The highest BCUT2D eigenvalue weighted by Gasteiger charge is 2.19. The molecule has 154 valence electrons. The maximum atomic E-state index is 13.2. The minimum atomic E-state index is -0.710. The Balaban J connectivity index is 2.00. The molecule has 8 heteroatoms. The average molecular weight is 452 g/mol. The molecule has 0 bridgehead atoms. The number of aromatic hydroxyl groups is 1. The lowest BCUT2D eigenvalue weighted by Gasteiger charge is -2.14. The molecule has 0 saturated carbocycles. The number of aliphatic imine (C=N–C) groups is 1. The Hall–Kier alpha value is -3.61. The van der Waals surface area contributed by atoms with Gasteiger partial charge in [0.15, 0.2) is 0 Å². The highest BCUT2D eigenvalue weighted by molar-refractivity contribution is 6.35. The van der Waals surface area contributed by atoms with Crippen LogP contribution < -0.4 is 11.2 Å². The van der Waals surface area contributed by atoms with Crippen LogP contribution in [0.1, 0.15) is 5.56 Å². The molecule has 3 aromatic carbocycles. The van der Waals surface area contributed by atoms with E-state index in [-0.39, 0.29) is 5.56 Å². The second-order valence-corrected chi connectivity index (χ2v) is 7.43. The fourth-order valence-electron chi connectivity index (χ4n) is 3.09. The Morgan fingerprint density at radius 3 is 1.84 bits per heavy atom. The Labute approximate surface area is 186 Å². The monoisotopic (exact) mass is 451 g/mol. The maximum absolute atomic E-state index is 13.2. The van der Waals surface area contributed by atoms with Crippen LogP contribution in [-0.4, -0.2) is 20.5 Å². The average Bonchev–Trinajstić information content (AvgIpc) is 2.74. The molecule has 0 aliphatic carbocycles. The van der Waals surface area contributed by atoms with Gasteiger partial charge in [0.1, 0.15) is 5.56 Å². The minimum Gasteiger partial charge on any atom is -0.493 e. The summed E-state index contributed by atoms with van der Waals surface area (Å²) in [5.74, 6) is -0.523. The van der Waals surface area contributed by atoms with Crippen LogP contribution in [-0.2, 0) is 0 Å². The maximum Gasteiger partial charge on any atom is 0.343 e. The number of benzene rings is 3. The first-order chi connectivity index (χ1) is 15.0. The highest BCUT2D eigenvalue weighted by Crippen LogP contribution is 2.25. The molecule has 0 fully saturated rings. The normalized spacial score (nSPS) is 11.2. The van der Waals surface area contributed by atoms with E-state index in [0.29, 0.717) is 27.1 Å². The summed E-state index contributed by atoms with van der Waals surface area (Å²) in [7, 11) is 0. The summed E-state index contributed by atoms with van der Waals surface area (Å²) in [5.41, 5.74) is -0.429. The number of hydrogen-bond acceptors (Lipinski definition) is 4. The van der Waals surface area contributed by atoms with Crippen LogP contribution in [0.15, 0.2) is 93.4 Å². The van der Waals surface area contributed by atoms with Crippen molar-refractivity contribution in [3.63, 3.8) is 0 Å². The standard InChI is InChI=1S/C23H15Cl2N3O3/c24-15-11-16(25)13-17(12-15)26-14-20-21(29)27(18-7-3-1-4-8-18)23(31)28(22(20)30)19-9-5-2-6-10-19/h1-14,29H. The summed E-state index contributed by atoms with van der Waals surface area (Å²) in [4.78, 5) is 30.6. The lowest BCUT2D eigenvalue weighted by molar-refractivity contribution is 0.427. The molecule has 31 heavy (non-hydrogen) atoms. The molecule has 0 saturated heterocycles. The summed E-state index contributed by atoms with van der Waals surface area (Å²) in [6, 6.07) is 21.7. The number of halogens is 2. The Morgan fingerprint density at radius 2 is 1.29 bits per heavy atom. The van der Waals surface area contributed by atoms with Crippen LogP contribution in [0.25, 0.3) is 11.4 Å². The molecule has 0 spiro atoms. The lowest BCUT2D eigenvalue weighted by atomic mass is 10.2. The quantitative estimate of drug-likeness (QED) is 0.454. The Kier molecular flexibility index (Phi) is 5.75. The van der Waals surface area contributed by atoms with Gasteiger partial charge in [0.25, 0.3) is 5.56 Å². The zero-order chi connectivity index (χ0) is 22.0. The van der Waals surface area contributed by atoms with Crippen LogP contribution >= 0.6 is 23.2 Å². The predicted octanol–water partition coefficient (Wildman–Crippen LogP) is 4.75. The zero-order valence-electron chi connectivity index (χ0n) is 15.9. The molecule has 4 aromatic rings. The second-order valence-electron chi connectivity index (χ2n) is 6.55. The first kappa shape index (κ1) is 20.7. The van der Waals surface area contributed by atoms with Gasteiger partial charge in [-0.15, -0.1) is 0 Å². The van der Waals surface area contributed by atoms with Crippen LogP contribution in [0.2, 0.25) is 10.0 Å². The van der Waals surface area contributed by atoms with E-state index >= 15 is 0 Å². The van der Waals surface area contributed by atoms with Gasteiger partial charge in [-0.2, -0.15) is 0 Å². The van der Waals surface area contributed by atoms with Gasteiger partial charge < -0.3 is 5.11 Å². The molecule has 0 atom stereocenters. The van der Waals surface area contributed by atoms with Crippen molar-refractivity contribution < 1.29 is 5.11 Å². The molecule has 0 radical (unpaired) electrons. The van der Waals surface area contributed by atoms with Gasteiger partial charge >= 0.3 is 5.69 Å². The third-order valence-corrected chi connectivity index (χ3v) is 4.92. The number of hydrogen-bond donors (Lipinski definition) is 1. The Bertz CT molecular complexity index is 1380. The van der Waals surface area contributed by atoms with Gasteiger partial charge in [0, 0.05) is 16.3 Å².